The summed E-state index contributed by atoms with van der Waals surface area (Å²) in [4.78, 5) is 40.9. The van der Waals surface area contributed by atoms with Gasteiger partial charge in [-0.05, 0) is 87.1 Å². The lowest BCUT2D eigenvalue weighted by atomic mass is 10.2. The fourth-order valence-electron chi connectivity index (χ4n) is 5.43. The van der Waals surface area contributed by atoms with Crippen molar-refractivity contribution in [3.8, 4) is 32.6 Å². The van der Waals surface area contributed by atoms with Crippen molar-refractivity contribution in [2.75, 3.05) is 48.0 Å². The van der Waals surface area contributed by atoms with Crippen molar-refractivity contribution >= 4 is 57.6 Å². The summed E-state index contributed by atoms with van der Waals surface area (Å²) in [6.45, 7) is 2.90. The van der Waals surface area contributed by atoms with Crippen LogP contribution < -0.4 is 31.2 Å². The highest BCUT2D eigenvalue weighted by Crippen LogP contribution is 2.29. The van der Waals surface area contributed by atoms with Gasteiger partial charge in [0.15, 0.2) is 5.69 Å². The van der Waals surface area contributed by atoms with Crippen molar-refractivity contribution in [3.05, 3.63) is 107 Å². The summed E-state index contributed by atoms with van der Waals surface area (Å²) in [5.41, 5.74) is 9.41. The number of nitrogens with zero attached hydrogens (tertiary/aromatic N) is 4. The maximum absolute atomic E-state index is 12.6. The fourth-order valence-corrected chi connectivity index (χ4v) is 7.02. The van der Waals surface area contributed by atoms with Crippen LogP contribution in [-0.4, -0.2) is 63.2 Å². The molecule has 6 aromatic rings. The van der Waals surface area contributed by atoms with Gasteiger partial charge >= 0.3 is 5.97 Å². The van der Waals surface area contributed by atoms with Crippen molar-refractivity contribution in [3.63, 3.8) is 0 Å². The number of pyridine rings is 2. The van der Waals surface area contributed by atoms with Gasteiger partial charge in [-0.1, -0.05) is 24.3 Å². The molecule has 2 aromatic carbocycles. The van der Waals surface area contributed by atoms with E-state index in [1.165, 1.54) is 28.1 Å². The highest BCUT2D eigenvalue weighted by molar-refractivity contribution is 7.13. The molecule has 5 heterocycles. The topological polar surface area (TPSA) is 186 Å². The second-order valence-electron chi connectivity index (χ2n) is 12.4. The summed E-state index contributed by atoms with van der Waals surface area (Å²) in [7, 11) is 0. The number of benzene rings is 2. The van der Waals surface area contributed by atoms with E-state index in [4.69, 9.17) is 20.3 Å². The van der Waals surface area contributed by atoms with Crippen LogP contribution in [0.5, 0.6) is 11.5 Å². The zero-order valence-corrected chi connectivity index (χ0v) is 31.7. The number of aromatic carboxylic acids is 1. The summed E-state index contributed by atoms with van der Waals surface area (Å²) in [6, 6.07) is 22.6. The summed E-state index contributed by atoms with van der Waals surface area (Å²) in [5.74, 6) is 1.72. The van der Waals surface area contributed by atoms with Crippen molar-refractivity contribution in [2.24, 2.45) is 0 Å². The molecular formula is C40H42N8O5S2. The number of para-hydroxylation sites is 4. The summed E-state index contributed by atoms with van der Waals surface area (Å²) in [6.07, 6.45) is 9.45. The molecule has 0 unspecified atom stereocenters. The number of ether oxygens (including phenoxy) is 2. The molecule has 7 rings (SSSR count). The Balaban J connectivity index is 0.000000187. The molecule has 284 valence electrons. The number of unbranched alkanes of at least 4 members (excludes halogenated alkanes) is 2. The number of carboxylic acids is 1. The highest BCUT2D eigenvalue weighted by atomic mass is 32.1. The molecule has 4 bridgehead atoms. The second-order valence-corrected chi connectivity index (χ2v) is 14.1. The van der Waals surface area contributed by atoms with Crippen molar-refractivity contribution < 1.29 is 24.2 Å². The number of carbonyl (C=O) groups is 2. The number of fused-ring (bicyclic) bond motifs is 6. The molecular weight excluding hydrogens is 737 g/mol. The number of rotatable bonds is 10. The summed E-state index contributed by atoms with van der Waals surface area (Å²) < 4.78 is 11.6. The van der Waals surface area contributed by atoms with Crippen LogP contribution in [0.15, 0.2) is 96.0 Å². The smallest absolute Gasteiger partial charge is 0.355 e. The maximum Gasteiger partial charge on any atom is 0.355 e. The average molecular weight is 779 g/mol. The summed E-state index contributed by atoms with van der Waals surface area (Å²) in [5, 5.41) is 23.3. The van der Waals surface area contributed by atoms with Crippen LogP contribution in [-0.2, 0) is 0 Å². The number of aromatic nitrogens is 4. The quantitative estimate of drug-likeness (QED) is 0.0660. The number of hydrogen-bond acceptors (Lipinski definition) is 13. The first-order valence-corrected chi connectivity index (χ1v) is 19.7. The third kappa shape index (κ3) is 11.5. The Morgan fingerprint density at radius 3 is 2.53 bits per heavy atom. The van der Waals surface area contributed by atoms with Crippen LogP contribution >= 0.6 is 22.7 Å². The van der Waals surface area contributed by atoms with Crippen LogP contribution in [0, 0.1) is 0 Å². The van der Waals surface area contributed by atoms with Gasteiger partial charge < -0.3 is 36.3 Å². The number of nitrogens with two attached hydrogens (primary N) is 1. The van der Waals surface area contributed by atoms with Gasteiger partial charge in [-0.15, -0.1) is 22.7 Å². The van der Waals surface area contributed by atoms with Crippen LogP contribution in [0.25, 0.3) is 21.1 Å². The number of nitrogen functional groups attached to an aromatic ring is 1. The van der Waals surface area contributed by atoms with E-state index in [0.29, 0.717) is 41.0 Å². The zero-order valence-electron chi connectivity index (χ0n) is 30.1. The van der Waals surface area contributed by atoms with E-state index in [2.05, 4.69) is 35.9 Å². The van der Waals surface area contributed by atoms with Crippen molar-refractivity contribution in [1.82, 2.24) is 19.9 Å². The van der Waals surface area contributed by atoms with E-state index in [9.17, 15) is 9.59 Å². The number of hydrogen-bond donors (Lipinski definition) is 5. The molecule has 6 N–H and O–H groups in total. The maximum atomic E-state index is 12.6. The number of carboxylic acid groups (broad SMARTS) is 1. The molecule has 0 spiro atoms. The van der Waals surface area contributed by atoms with Gasteiger partial charge in [-0.2, -0.15) is 0 Å². The van der Waals surface area contributed by atoms with E-state index >= 15 is 0 Å². The minimum absolute atomic E-state index is 0.0609. The molecule has 4 aromatic heterocycles. The monoisotopic (exact) mass is 778 g/mol. The van der Waals surface area contributed by atoms with Crippen LogP contribution in [0.1, 0.15) is 59.5 Å². The van der Waals surface area contributed by atoms with E-state index in [1.807, 2.05) is 72.8 Å². The standard InChI is InChI=1S/C20H22N4O3S.C20H20N4O2S/c21-15-6-2-3-7-17(15)27-11-5-1-4-9-22-18-12-14(8-10-23-18)19-24-16(13-28-19)20(25)26;25-19-16-13-27-20(24-16)14-8-10-22-18(12-14)21-9-4-1-5-11-26-17-7-3-2-6-15(17)23-19/h2-3,6-8,10,12-13H,1,4-5,9,11,21H2,(H,22,23)(H,25,26);2-3,6-8,10,12-13H,1,4-5,9,11H2,(H,21,22)(H,23,25). The van der Waals surface area contributed by atoms with E-state index < -0.39 is 5.97 Å². The average Bonchev–Trinajstić information content (AvgIpc) is 3.91. The molecule has 1 aliphatic rings. The van der Waals surface area contributed by atoms with E-state index in [0.717, 1.165) is 85.1 Å². The normalized spacial score (nSPS) is 12.7. The minimum Gasteiger partial charge on any atom is -0.491 e. The van der Waals surface area contributed by atoms with Gasteiger partial charge in [-0.3, -0.25) is 4.79 Å². The van der Waals surface area contributed by atoms with Gasteiger partial charge in [0.2, 0.25) is 0 Å². The van der Waals surface area contributed by atoms with Crippen molar-refractivity contribution in [2.45, 2.75) is 38.5 Å². The predicted molar refractivity (Wildman–Crippen MR) is 219 cm³/mol. The Morgan fingerprint density at radius 1 is 0.891 bits per heavy atom. The second kappa shape index (κ2) is 19.9. The predicted octanol–water partition coefficient (Wildman–Crippen LogP) is 8.58. The van der Waals surface area contributed by atoms with E-state index in [-0.39, 0.29) is 11.6 Å². The Kier molecular flexibility index (Phi) is 14.0. The number of carbonyl (C=O) groups excluding carboxylic acids is 1. The number of nitrogens with one attached hydrogen (secondary N) is 3. The first kappa shape index (κ1) is 38.7. The zero-order chi connectivity index (χ0) is 38.2. The molecule has 1 aliphatic heterocycles. The largest absolute Gasteiger partial charge is 0.491 e. The molecule has 1 amide bonds. The molecule has 0 fully saturated rings. The third-order valence-corrected chi connectivity index (χ3v) is 10.1. The van der Waals surface area contributed by atoms with Crippen LogP contribution in [0.4, 0.5) is 23.0 Å². The van der Waals surface area contributed by atoms with Gasteiger partial charge in [-0.25, -0.2) is 24.7 Å². The van der Waals surface area contributed by atoms with Crippen LogP contribution in [0.2, 0.25) is 0 Å². The van der Waals surface area contributed by atoms with Gasteiger partial charge in [0.05, 0.1) is 24.6 Å². The van der Waals surface area contributed by atoms with E-state index in [1.54, 1.807) is 17.8 Å². The molecule has 0 atom stereocenters. The molecule has 0 saturated heterocycles. The SMILES string of the molecule is Nc1ccccc1OCCCCCNc1cc(-c2nc(C(=O)O)cs2)ccn1.O=C1Nc2ccccc2OCCCCCNc2cc(ccn2)-c2nc1cs2. The molecule has 0 saturated carbocycles. The first-order chi connectivity index (χ1) is 26.9. The molecule has 15 heteroatoms. The fraction of sp³-hybridized carbons (Fsp3) is 0.250. The number of anilines is 4. The van der Waals surface area contributed by atoms with Crippen molar-refractivity contribution in [1.29, 1.82) is 0 Å². The summed E-state index contributed by atoms with van der Waals surface area (Å²) >= 11 is 2.75. The van der Waals surface area contributed by atoms with Gasteiger partial charge in [0.1, 0.15) is 38.8 Å². The lowest BCUT2D eigenvalue weighted by molar-refractivity contribution is 0.0691. The Hall–Kier alpha value is -6.06. The van der Waals surface area contributed by atoms with Gasteiger partial charge in [0.25, 0.3) is 5.91 Å². The van der Waals surface area contributed by atoms with Crippen LogP contribution in [0.3, 0.4) is 0 Å². The molecule has 0 aliphatic carbocycles. The lowest BCUT2D eigenvalue weighted by Gasteiger charge is -2.12. The third-order valence-electron chi connectivity index (χ3n) is 8.30. The molecule has 13 nitrogen and oxygen atoms in total. The lowest BCUT2D eigenvalue weighted by Crippen LogP contribution is -2.13. The Bertz CT molecular complexity index is 2170. The first-order valence-electron chi connectivity index (χ1n) is 18.0. The number of thiazole rings is 2. The Labute approximate surface area is 327 Å². The Morgan fingerprint density at radius 2 is 1.67 bits per heavy atom. The molecule has 55 heavy (non-hydrogen) atoms. The molecule has 0 radical (unpaired) electrons. The minimum atomic E-state index is -1.02. The van der Waals surface area contributed by atoms with Gasteiger partial charge in [0, 0.05) is 47.4 Å². The number of amides is 1. The highest BCUT2D eigenvalue weighted by Gasteiger charge is 2.15.